The molecule has 1 aromatic rings. The highest BCUT2D eigenvalue weighted by molar-refractivity contribution is 9.10. The molecule has 1 rings (SSSR count). The highest BCUT2D eigenvalue weighted by Crippen LogP contribution is 2.28. The zero-order valence-electron chi connectivity index (χ0n) is 11.0. The molecule has 5 nitrogen and oxygen atoms in total. The fourth-order valence-corrected chi connectivity index (χ4v) is 4.07. The Balaban J connectivity index is 3.54. The van der Waals surface area contributed by atoms with Gasteiger partial charge in [0.1, 0.15) is 0 Å². The summed E-state index contributed by atoms with van der Waals surface area (Å²) in [5.41, 5.74) is 0.458. The van der Waals surface area contributed by atoms with Gasteiger partial charge < -0.3 is 5.11 Å². The monoisotopic (exact) mass is 349 g/mol. The number of hydrogen-bond acceptors (Lipinski definition) is 3. The van der Waals surface area contributed by atoms with Crippen LogP contribution in [0.2, 0.25) is 0 Å². The molecule has 0 saturated heterocycles. The predicted octanol–water partition coefficient (Wildman–Crippen LogP) is 2.49. The Morgan fingerprint density at radius 3 is 2.26 bits per heavy atom. The minimum absolute atomic E-state index is 0.0305. The lowest BCUT2D eigenvalue weighted by Gasteiger charge is -2.20. The molecule has 0 atom stereocenters. The maximum absolute atomic E-state index is 12.5. The van der Waals surface area contributed by atoms with Gasteiger partial charge in [-0.3, -0.25) is 0 Å². The van der Waals surface area contributed by atoms with Crippen LogP contribution in [-0.4, -0.2) is 36.9 Å². The van der Waals surface area contributed by atoms with Crippen molar-refractivity contribution in [3.63, 3.8) is 0 Å². The van der Waals surface area contributed by atoms with Crippen LogP contribution in [0.1, 0.15) is 29.8 Å². The van der Waals surface area contributed by atoms with E-state index >= 15 is 0 Å². The van der Waals surface area contributed by atoms with Crippen LogP contribution in [0.4, 0.5) is 0 Å². The molecule has 7 heteroatoms. The molecular formula is C12H16BrNO4S. The Labute approximate surface area is 121 Å². The number of rotatable bonds is 5. The van der Waals surface area contributed by atoms with Crippen molar-refractivity contribution in [2.45, 2.75) is 25.7 Å². The SMILES string of the molecule is CCN(CC)S(=O)(=O)c1cc(C(=O)O)cc(Br)c1C. The van der Waals surface area contributed by atoms with E-state index in [2.05, 4.69) is 15.9 Å². The van der Waals surface area contributed by atoms with Gasteiger partial charge in [-0.1, -0.05) is 29.8 Å². The molecule has 0 bridgehead atoms. The third kappa shape index (κ3) is 3.16. The van der Waals surface area contributed by atoms with Gasteiger partial charge in [0.15, 0.2) is 0 Å². The molecule has 0 amide bonds. The van der Waals surface area contributed by atoms with Crippen molar-refractivity contribution >= 4 is 31.9 Å². The Morgan fingerprint density at radius 2 is 1.84 bits per heavy atom. The first kappa shape index (κ1) is 16.1. The summed E-state index contributed by atoms with van der Waals surface area (Å²) in [7, 11) is -3.67. The van der Waals surface area contributed by atoms with E-state index in [9.17, 15) is 13.2 Å². The number of halogens is 1. The summed E-state index contributed by atoms with van der Waals surface area (Å²) in [6, 6.07) is 2.61. The van der Waals surface area contributed by atoms with Crippen LogP contribution in [0.15, 0.2) is 21.5 Å². The van der Waals surface area contributed by atoms with Crippen LogP contribution in [0.3, 0.4) is 0 Å². The highest BCUT2D eigenvalue weighted by Gasteiger charge is 2.26. The van der Waals surface area contributed by atoms with Gasteiger partial charge in [-0.05, 0) is 24.6 Å². The van der Waals surface area contributed by atoms with Crippen LogP contribution in [0.5, 0.6) is 0 Å². The molecule has 0 fully saturated rings. The summed E-state index contributed by atoms with van der Waals surface area (Å²) < 4.78 is 26.7. The Hall–Kier alpha value is -0.920. The average molecular weight is 350 g/mol. The first-order valence-corrected chi connectivity index (χ1v) is 8.02. The van der Waals surface area contributed by atoms with Crippen molar-refractivity contribution in [2.24, 2.45) is 0 Å². The van der Waals surface area contributed by atoms with E-state index in [1.54, 1.807) is 20.8 Å². The molecule has 0 aliphatic carbocycles. The quantitative estimate of drug-likeness (QED) is 0.885. The van der Waals surface area contributed by atoms with Crippen LogP contribution in [0.25, 0.3) is 0 Å². The van der Waals surface area contributed by atoms with Gasteiger partial charge in [-0.2, -0.15) is 4.31 Å². The Kier molecular flexibility index (Phi) is 5.11. The highest BCUT2D eigenvalue weighted by atomic mass is 79.9. The second-order valence-corrected chi connectivity index (χ2v) is 6.74. The van der Waals surface area contributed by atoms with Crippen molar-refractivity contribution in [2.75, 3.05) is 13.1 Å². The van der Waals surface area contributed by atoms with Gasteiger partial charge in [0.25, 0.3) is 0 Å². The van der Waals surface area contributed by atoms with Crippen molar-refractivity contribution < 1.29 is 18.3 Å². The van der Waals surface area contributed by atoms with E-state index in [0.29, 0.717) is 23.1 Å². The van der Waals surface area contributed by atoms with E-state index in [-0.39, 0.29) is 10.5 Å². The molecular weight excluding hydrogens is 334 g/mol. The molecule has 106 valence electrons. The van der Waals surface area contributed by atoms with Crippen LogP contribution < -0.4 is 0 Å². The molecule has 0 aliphatic rings. The van der Waals surface area contributed by atoms with Gasteiger partial charge in [0.2, 0.25) is 10.0 Å². The first-order chi connectivity index (χ1) is 8.75. The third-order valence-corrected chi connectivity index (χ3v) is 5.87. The molecule has 0 heterocycles. The molecule has 1 aromatic carbocycles. The molecule has 0 spiro atoms. The van der Waals surface area contributed by atoms with Crippen LogP contribution in [-0.2, 0) is 10.0 Å². The smallest absolute Gasteiger partial charge is 0.335 e. The van der Waals surface area contributed by atoms with Gasteiger partial charge in [0, 0.05) is 17.6 Å². The number of carbonyl (C=O) groups is 1. The molecule has 0 aromatic heterocycles. The predicted molar refractivity (Wildman–Crippen MR) is 75.9 cm³/mol. The molecule has 0 unspecified atom stereocenters. The van der Waals surface area contributed by atoms with Crippen LogP contribution in [0, 0.1) is 6.92 Å². The number of sulfonamides is 1. The third-order valence-electron chi connectivity index (χ3n) is 2.87. The van der Waals surface area contributed by atoms with Crippen LogP contribution >= 0.6 is 15.9 Å². The van der Waals surface area contributed by atoms with Gasteiger partial charge in [0.05, 0.1) is 10.5 Å². The number of carboxylic acids is 1. The summed E-state index contributed by atoms with van der Waals surface area (Å²) in [4.78, 5) is 11.1. The lowest BCUT2D eigenvalue weighted by Crippen LogP contribution is -2.31. The number of nitrogens with zero attached hydrogens (tertiary/aromatic N) is 1. The lowest BCUT2D eigenvalue weighted by molar-refractivity contribution is 0.0696. The van der Waals surface area contributed by atoms with Gasteiger partial charge in [-0.15, -0.1) is 0 Å². The number of carboxylic acid groups (broad SMARTS) is 1. The van der Waals surface area contributed by atoms with E-state index in [1.807, 2.05) is 0 Å². The summed E-state index contributed by atoms with van der Waals surface area (Å²) in [5.74, 6) is -1.16. The molecule has 19 heavy (non-hydrogen) atoms. The molecule has 0 radical (unpaired) electrons. The first-order valence-electron chi connectivity index (χ1n) is 5.79. The van der Waals surface area contributed by atoms with Crippen molar-refractivity contribution in [3.05, 3.63) is 27.7 Å². The van der Waals surface area contributed by atoms with Crippen molar-refractivity contribution in [1.29, 1.82) is 0 Å². The second-order valence-electron chi connectivity index (χ2n) is 3.98. The maximum atomic E-state index is 12.5. The summed E-state index contributed by atoms with van der Waals surface area (Å²) >= 11 is 3.20. The molecule has 0 saturated carbocycles. The molecule has 1 N–H and O–H groups in total. The van der Waals surface area contributed by atoms with Crippen molar-refractivity contribution in [1.82, 2.24) is 4.31 Å². The second kappa shape index (κ2) is 6.02. The number of hydrogen-bond donors (Lipinski definition) is 1. The van der Waals surface area contributed by atoms with E-state index in [0.717, 1.165) is 0 Å². The fourth-order valence-electron chi connectivity index (χ4n) is 1.75. The van der Waals surface area contributed by atoms with E-state index in [4.69, 9.17) is 5.11 Å². The zero-order valence-corrected chi connectivity index (χ0v) is 13.4. The topological polar surface area (TPSA) is 74.7 Å². The normalized spacial score (nSPS) is 11.8. The Bertz CT molecular complexity index is 594. The number of aromatic carboxylic acids is 1. The summed E-state index contributed by atoms with van der Waals surface area (Å²) in [5, 5.41) is 9.01. The number of benzene rings is 1. The molecule has 0 aliphatic heterocycles. The Morgan fingerprint density at radius 1 is 1.32 bits per heavy atom. The maximum Gasteiger partial charge on any atom is 0.335 e. The standard InChI is InChI=1S/C12H16BrNO4S/c1-4-14(5-2)19(17,18)11-7-9(12(15)16)6-10(13)8(11)3/h6-7H,4-5H2,1-3H3,(H,15,16). The average Bonchev–Trinajstić information content (AvgIpc) is 2.33. The van der Waals surface area contributed by atoms with E-state index < -0.39 is 16.0 Å². The lowest BCUT2D eigenvalue weighted by atomic mass is 10.1. The zero-order chi connectivity index (χ0) is 14.8. The summed E-state index contributed by atoms with van der Waals surface area (Å²) in [6.45, 7) is 5.81. The minimum Gasteiger partial charge on any atom is -0.478 e. The fraction of sp³-hybridized carbons (Fsp3) is 0.417. The van der Waals surface area contributed by atoms with Gasteiger partial charge in [-0.25, -0.2) is 13.2 Å². The van der Waals surface area contributed by atoms with Crippen molar-refractivity contribution in [3.8, 4) is 0 Å². The minimum atomic E-state index is -3.67. The largest absolute Gasteiger partial charge is 0.478 e. The summed E-state index contributed by atoms with van der Waals surface area (Å²) in [6.07, 6.45) is 0. The van der Waals surface area contributed by atoms with E-state index in [1.165, 1.54) is 16.4 Å². The van der Waals surface area contributed by atoms with Gasteiger partial charge >= 0.3 is 5.97 Å².